The molecule has 23 heavy (non-hydrogen) atoms. The lowest BCUT2D eigenvalue weighted by Gasteiger charge is -2.34. The summed E-state index contributed by atoms with van der Waals surface area (Å²) in [7, 11) is 0. The number of hydrogen-bond acceptors (Lipinski definition) is 3. The van der Waals surface area contributed by atoms with Crippen molar-refractivity contribution in [1.82, 2.24) is 4.31 Å². The van der Waals surface area contributed by atoms with Gasteiger partial charge in [-0.1, -0.05) is 60.5 Å². The Hall–Kier alpha value is -1.29. The van der Waals surface area contributed by atoms with Crippen LogP contribution in [-0.4, -0.2) is 22.8 Å². The molecule has 2 aliphatic carbocycles. The lowest BCUT2D eigenvalue weighted by Crippen LogP contribution is -2.35. The Bertz CT molecular complexity index is 731. The van der Waals surface area contributed by atoms with Gasteiger partial charge in [-0.15, -0.1) is 0 Å². The molecule has 3 heteroatoms. The molecule has 3 aliphatic rings. The van der Waals surface area contributed by atoms with E-state index < -0.39 is 0 Å². The lowest BCUT2D eigenvalue weighted by molar-refractivity contribution is -0.0866. The molecule has 1 heterocycles. The van der Waals surface area contributed by atoms with E-state index in [-0.39, 0.29) is 11.3 Å². The van der Waals surface area contributed by atoms with E-state index in [1.54, 1.807) is 11.9 Å². The van der Waals surface area contributed by atoms with Crippen molar-refractivity contribution in [2.45, 2.75) is 38.0 Å². The molecule has 0 aromatic heterocycles. The third-order valence-electron chi connectivity index (χ3n) is 5.12. The fourth-order valence-electron chi connectivity index (χ4n) is 4.06. The zero-order valence-corrected chi connectivity index (χ0v) is 14.8. The molecule has 1 atom stereocenters. The summed E-state index contributed by atoms with van der Waals surface area (Å²) in [5.41, 5.74) is 4.66. The van der Waals surface area contributed by atoms with E-state index in [1.807, 2.05) is 0 Å². The summed E-state index contributed by atoms with van der Waals surface area (Å²) in [5.74, 6) is 0. The summed E-state index contributed by atoms with van der Waals surface area (Å²) < 4.78 is 9.18. The van der Waals surface area contributed by atoms with Crippen molar-refractivity contribution in [1.29, 1.82) is 0 Å². The highest BCUT2D eigenvalue weighted by Crippen LogP contribution is 2.52. The van der Waals surface area contributed by atoms with Crippen molar-refractivity contribution < 1.29 is 4.74 Å². The number of rotatable bonds is 1. The van der Waals surface area contributed by atoms with Crippen LogP contribution in [0.25, 0.3) is 6.08 Å². The summed E-state index contributed by atoms with van der Waals surface area (Å²) in [6.07, 6.45) is 13.5. The molecule has 0 N–H and O–H groups in total. The SMILES string of the molecule is CSN1CC2(OC1(C)C)C1=C(C=Cc3ccccc32)CCC=C1. The maximum atomic E-state index is 6.81. The minimum atomic E-state index is -0.376. The standard InChI is InChI=1S/C20H23NOS/c1-19(2)21(23-3)14-20(22-19)17-10-6-4-8-15(17)12-13-16-9-5-7-11-18(16)20/h4,6-8,10-13H,5,9,14H2,1-3H3. The quantitative estimate of drug-likeness (QED) is 0.681. The van der Waals surface area contributed by atoms with Crippen molar-refractivity contribution in [3.8, 4) is 0 Å². The van der Waals surface area contributed by atoms with Gasteiger partial charge in [0.1, 0.15) is 11.3 Å². The van der Waals surface area contributed by atoms with E-state index >= 15 is 0 Å². The van der Waals surface area contributed by atoms with Crippen LogP contribution in [0.4, 0.5) is 0 Å². The summed E-state index contributed by atoms with van der Waals surface area (Å²) in [6.45, 7) is 5.22. The Morgan fingerprint density at radius 2 is 1.96 bits per heavy atom. The molecular weight excluding hydrogens is 302 g/mol. The molecule has 2 nitrogen and oxygen atoms in total. The first-order valence-electron chi connectivity index (χ1n) is 8.26. The minimum absolute atomic E-state index is 0.291. The Kier molecular flexibility index (Phi) is 3.56. The summed E-state index contributed by atoms with van der Waals surface area (Å²) >= 11 is 1.77. The van der Waals surface area contributed by atoms with Crippen molar-refractivity contribution in [3.63, 3.8) is 0 Å². The van der Waals surface area contributed by atoms with Gasteiger partial charge in [-0.3, -0.25) is 0 Å². The van der Waals surface area contributed by atoms with E-state index in [0.29, 0.717) is 0 Å². The molecule has 1 unspecified atom stereocenters. The fourth-order valence-corrected chi connectivity index (χ4v) is 4.85. The molecule has 0 amide bonds. The smallest absolute Gasteiger partial charge is 0.135 e. The molecular formula is C20H23NOS. The average molecular weight is 325 g/mol. The summed E-state index contributed by atoms with van der Waals surface area (Å²) in [5, 5.41) is 0. The number of ether oxygens (including phenoxy) is 1. The van der Waals surface area contributed by atoms with Crippen LogP contribution >= 0.6 is 11.9 Å². The van der Waals surface area contributed by atoms with Gasteiger partial charge in [-0.05, 0) is 55.2 Å². The first-order chi connectivity index (χ1) is 11.1. The molecule has 1 aromatic carbocycles. The Morgan fingerprint density at radius 3 is 2.74 bits per heavy atom. The predicted octanol–water partition coefficient (Wildman–Crippen LogP) is 4.90. The predicted molar refractivity (Wildman–Crippen MR) is 97.9 cm³/mol. The molecule has 0 bridgehead atoms. The van der Waals surface area contributed by atoms with Gasteiger partial charge in [-0.25, -0.2) is 4.31 Å². The fraction of sp³-hybridized carbons (Fsp3) is 0.400. The number of benzene rings is 1. The van der Waals surface area contributed by atoms with Crippen molar-refractivity contribution in [3.05, 3.63) is 64.8 Å². The van der Waals surface area contributed by atoms with Crippen LogP contribution in [-0.2, 0) is 10.3 Å². The molecule has 1 aliphatic heterocycles. The van der Waals surface area contributed by atoms with Crippen molar-refractivity contribution in [2.75, 3.05) is 12.8 Å². The van der Waals surface area contributed by atoms with Crippen LogP contribution < -0.4 is 0 Å². The highest BCUT2D eigenvalue weighted by molar-refractivity contribution is 7.96. The highest BCUT2D eigenvalue weighted by Gasteiger charge is 2.53. The van der Waals surface area contributed by atoms with Gasteiger partial charge >= 0.3 is 0 Å². The van der Waals surface area contributed by atoms with Crippen LogP contribution in [0.1, 0.15) is 37.8 Å². The van der Waals surface area contributed by atoms with Crippen LogP contribution in [0.5, 0.6) is 0 Å². The van der Waals surface area contributed by atoms with Crippen LogP contribution in [0.15, 0.2) is 53.6 Å². The zero-order chi connectivity index (χ0) is 16.1. The van der Waals surface area contributed by atoms with E-state index in [9.17, 15) is 0 Å². The van der Waals surface area contributed by atoms with Crippen LogP contribution in [0, 0.1) is 0 Å². The molecule has 120 valence electrons. The average Bonchev–Trinajstić information content (AvgIpc) is 2.77. The zero-order valence-electron chi connectivity index (χ0n) is 14.0. The second kappa shape index (κ2) is 5.37. The molecule has 1 saturated heterocycles. The highest BCUT2D eigenvalue weighted by atomic mass is 32.2. The number of fused-ring (bicyclic) bond motifs is 3. The van der Waals surface area contributed by atoms with Gasteiger partial charge in [0.25, 0.3) is 0 Å². The van der Waals surface area contributed by atoms with Crippen molar-refractivity contribution >= 4 is 18.0 Å². The van der Waals surface area contributed by atoms with E-state index in [0.717, 1.165) is 19.4 Å². The Labute approximate surface area is 143 Å². The Morgan fingerprint density at radius 1 is 1.13 bits per heavy atom. The summed E-state index contributed by atoms with van der Waals surface area (Å²) in [4.78, 5) is 0. The normalized spacial score (nSPS) is 28.8. The Balaban J connectivity index is 1.97. The number of nitrogens with zero attached hydrogens (tertiary/aromatic N) is 1. The topological polar surface area (TPSA) is 12.5 Å². The first kappa shape index (κ1) is 15.3. The van der Waals surface area contributed by atoms with Gasteiger partial charge in [0.2, 0.25) is 0 Å². The number of hydrogen-bond donors (Lipinski definition) is 0. The summed E-state index contributed by atoms with van der Waals surface area (Å²) in [6, 6.07) is 8.68. The van der Waals surface area contributed by atoms with Crippen LogP contribution in [0.2, 0.25) is 0 Å². The molecule has 1 spiro atoms. The molecule has 0 radical (unpaired) electrons. The minimum Gasteiger partial charge on any atom is -0.343 e. The molecule has 1 aromatic rings. The molecule has 0 saturated carbocycles. The second-order valence-corrected chi connectivity index (χ2v) is 7.70. The van der Waals surface area contributed by atoms with Gasteiger partial charge in [0, 0.05) is 6.54 Å². The molecule has 4 rings (SSSR count). The van der Waals surface area contributed by atoms with E-state index in [1.165, 1.54) is 22.3 Å². The van der Waals surface area contributed by atoms with Gasteiger partial charge in [0.15, 0.2) is 0 Å². The lowest BCUT2D eigenvalue weighted by atomic mass is 9.80. The largest absolute Gasteiger partial charge is 0.343 e. The van der Waals surface area contributed by atoms with Gasteiger partial charge in [0.05, 0.1) is 0 Å². The maximum absolute atomic E-state index is 6.81. The third-order valence-corrected chi connectivity index (χ3v) is 6.13. The third kappa shape index (κ3) is 2.25. The first-order valence-corrected chi connectivity index (χ1v) is 9.45. The second-order valence-electron chi connectivity index (χ2n) is 6.90. The monoisotopic (exact) mass is 325 g/mol. The van der Waals surface area contributed by atoms with E-state index in [2.05, 4.69) is 73.0 Å². The van der Waals surface area contributed by atoms with E-state index in [4.69, 9.17) is 4.74 Å². The van der Waals surface area contributed by atoms with Gasteiger partial charge < -0.3 is 4.74 Å². The van der Waals surface area contributed by atoms with Gasteiger partial charge in [-0.2, -0.15) is 0 Å². The van der Waals surface area contributed by atoms with Crippen molar-refractivity contribution in [2.24, 2.45) is 0 Å². The number of allylic oxidation sites excluding steroid dienone is 3. The maximum Gasteiger partial charge on any atom is 0.135 e. The van der Waals surface area contributed by atoms with Crippen LogP contribution in [0.3, 0.4) is 0 Å². The molecule has 1 fully saturated rings.